The van der Waals surface area contributed by atoms with E-state index in [1.54, 1.807) is 19.1 Å². The van der Waals surface area contributed by atoms with Crippen molar-refractivity contribution < 1.29 is 22.8 Å². The van der Waals surface area contributed by atoms with Gasteiger partial charge in [-0.05, 0) is 38.0 Å². The molecule has 8 nitrogen and oxygen atoms in total. The maximum absolute atomic E-state index is 13.4. The molecule has 174 valence electrons. The van der Waals surface area contributed by atoms with Gasteiger partial charge >= 0.3 is 6.03 Å². The Morgan fingerprint density at radius 2 is 1.73 bits per heavy atom. The second kappa shape index (κ2) is 8.97. The summed E-state index contributed by atoms with van der Waals surface area (Å²) in [5.41, 5.74) is 2.47. The molecule has 0 saturated carbocycles. The van der Waals surface area contributed by atoms with Crippen molar-refractivity contribution in [2.45, 2.75) is 38.9 Å². The molecular weight excluding hydrogens is 442 g/mol. The van der Waals surface area contributed by atoms with Crippen LogP contribution in [0.4, 0.5) is 10.5 Å². The number of hydrogen-bond donors (Lipinski definition) is 0. The van der Waals surface area contributed by atoms with Crippen LogP contribution in [0.2, 0.25) is 0 Å². The molecule has 0 bridgehead atoms. The number of hydrogen-bond acceptors (Lipinski definition) is 5. The Labute approximate surface area is 193 Å². The smallest absolute Gasteiger partial charge is 0.332 e. The summed E-state index contributed by atoms with van der Waals surface area (Å²) in [6.45, 7) is 3.36. The first-order valence-electron chi connectivity index (χ1n) is 10.9. The summed E-state index contributed by atoms with van der Waals surface area (Å²) in [5, 5.41) is 0. The zero-order valence-corrected chi connectivity index (χ0v) is 19.5. The summed E-state index contributed by atoms with van der Waals surface area (Å²) in [6.07, 6.45) is 0.342. The van der Waals surface area contributed by atoms with Crippen LogP contribution in [0.3, 0.4) is 0 Å². The number of nitrogens with zero attached hydrogens (tertiary/aromatic N) is 3. The maximum Gasteiger partial charge on any atom is 0.332 e. The Bertz CT molecular complexity index is 1160. The Hall–Kier alpha value is -3.20. The van der Waals surface area contributed by atoms with Gasteiger partial charge < -0.3 is 4.90 Å². The van der Waals surface area contributed by atoms with Gasteiger partial charge in [0.25, 0.3) is 5.91 Å². The molecule has 0 radical (unpaired) electrons. The summed E-state index contributed by atoms with van der Waals surface area (Å²) < 4.78 is 24.1. The number of benzene rings is 2. The molecule has 4 rings (SSSR count). The van der Waals surface area contributed by atoms with Crippen molar-refractivity contribution in [2.75, 3.05) is 23.0 Å². The van der Waals surface area contributed by atoms with Crippen molar-refractivity contribution in [3.63, 3.8) is 0 Å². The monoisotopic (exact) mass is 469 g/mol. The van der Waals surface area contributed by atoms with Crippen molar-refractivity contribution in [1.82, 2.24) is 9.80 Å². The van der Waals surface area contributed by atoms with E-state index in [2.05, 4.69) is 0 Å². The SMILES string of the molecule is Cc1ccc(N2C(=O)N(CC(=O)N(Cc3ccccc3)[C@H]3CCS(=O)(=O)C3)C(=O)[C@@H]2C)cc1. The van der Waals surface area contributed by atoms with E-state index in [1.165, 1.54) is 9.80 Å². The molecule has 2 atom stereocenters. The van der Waals surface area contributed by atoms with Gasteiger partial charge in [0.2, 0.25) is 5.91 Å². The van der Waals surface area contributed by atoms with E-state index in [4.69, 9.17) is 0 Å². The molecule has 0 unspecified atom stereocenters. The molecule has 2 fully saturated rings. The number of urea groups is 1. The first kappa shape index (κ1) is 23.0. The second-order valence-corrected chi connectivity index (χ2v) is 10.9. The van der Waals surface area contributed by atoms with Gasteiger partial charge in [-0.25, -0.2) is 13.2 Å². The van der Waals surface area contributed by atoms with Gasteiger partial charge in [-0.1, -0.05) is 48.0 Å². The number of imide groups is 1. The van der Waals surface area contributed by atoms with Crippen LogP contribution in [0.25, 0.3) is 0 Å². The first-order valence-corrected chi connectivity index (χ1v) is 12.7. The van der Waals surface area contributed by atoms with Gasteiger partial charge in [0.15, 0.2) is 9.84 Å². The third kappa shape index (κ3) is 4.78. The summed E-state index contributed by atoms with van der Waals surface area (Å²) >= 11 is 0. The largest absolute Gasteiger partial charge is 0.333 e. The van der Waals surface area contributed by atoms with E-state index < -0.39 is 46.3 Å². The minimum absolute atomic E-state index is 0.0239. The van der Waals surface area contributed by atoms with Gasteiger partial charge in [0.1, 0.15) is 12.6 Å². The molecule has 2 heterocycles. The van der Waals surface area contributed by atoms with E-state index >= 15 is 0 Å². The van der Waals surface area contributed by atoms with E-state index in [0.717, 1.165) is 16.0 Å². The summed E-state index contributed by atoms with van der Waals surface area (Å²) in [6, 6.07) is 14.8. The highest BCUT2D eigenvalue weighted by Gasteiger charge is 2.45. The quantitative estimate of drug-likeness (QED) is 0.606. The van der Waals surface area contributed by atoms with Gasteiger partial charge in [0, 0.05) is 18.3 Å². The minimum Gasteiger partial charge on any atom is -0.333 e. The lowest BCUT2D eigenvalue weighted by atomic mass is 10.1. The highest BCUT2D eigenvalue weighted by Crippen LogP contribution is 2.27. The highest BCUT2D eigenvalue weighted by atomic mass is 32.2. The second-order valence-electron chi connectivity index (χ2n) is 8.65. The van der Waals surface area contributed by atoms with E-state index in [0.29, 0.717) is 12.1 Å². The normalized spacial score (nSPS) is 22.1. The third-order valence-corrected chi connectivity index (χ3v) is 7.97. The summed E-state index contributed by atoms with van der Waals surface area (Å²) in [7, 11) is -3.22. The lowest BCUT2D eigenvalue weighted by Gasteiger charge is -2.30. The minimum atomic E-state index is -3.22. The molecule has 2 aliphatic rings. The number of sulfone groups is 1. The maximum atomic E-state index is 13.4. The first-order chi connectivity index (χ1) is 15.7. The molecule has 0 aromatic heterocycles. The van der Waals surface area contributed by atoms with Crippen LogP contribution in [-0.4, -0.2) is 66.2 Å². The fourth-order valence-electron chi connectivity index (χ4n) is 4.36. The molecule has 2 aromatic rings. The standard InChI is InChI=1S/C24H27N3O5S/c1-17-8-10-20(11-9-17)27-18(2)23(29)26(24(27)30)15-22(28)25(14-19-6-4-3-5-7-19)21-12-13-33(31,32)16-21/h3-11,18,21H,12-16H2,1-2H3/t18-,21-/m0/s1. The Balaban J connectivity index is 1.56. The van der Waals surface area contributed by atoms with Gasteiger partial charge in [-0.15, -0.1) is 0 Å². The highest BCUT2D eigenvalue weighted by molar-refractivity contribution is 7.91. The van der Waals surface area contributed by atoms with Crippen molar-refractivity contribution >= 4 is 33.4 Å². The lowest BCUT2D eigenvalue weighted by Crippen LogP contribution is -2.47. The molecule has 4 amide bonds. The molecule has 2 aromatic carbocycles. The van der Waals surface area contributed by atoms with Gasteiger partial charge in [0.05, 0.1) is 11.5 Å². The summed E-state index contributed by atoms with van der Waals surface area (Å²) in [4.78, 5) is 43.2. The third-order valence-electron chi connectivity index (χ3n) is 6.22. The fraction of sp³-hybridized carbons (Fsp3) is 0.375. The average molecular weight is 470 g/mol. The molecular formula is C24H27N3O5S. The van der Waals surface area contributed by atoms with E-state index in [1.807, 2.05) is 49.4 Å². The van der Waals surface area contributed by atoms with Crippen molar-refractivity contribution in [1.29, 1.82) is 0 Å². The van der Waals surface area contributed by atoms with Crippen molar-refractivity contribution in [3.8, 4) is 0 Å². The van der Waals surface area contributed by atoms with Gasteiger partial charge in [-0.3, -0.25) is 19.4 Å². The zero-order chi connectivity index (χ0) is 23.8. The van der Waals surface area contributed by atoms with Crippen molar-refractivity contribution in [3.05, 3.63) is 65.7 Å². The number of anilines is 1. The molecule has 2 aliphatic heterocycles. The Kier molecular flexibility index (Phi) is 6.25. The molecule has 9 heteroatoms. The number of carbonyl (C=O) groups excluding carboxylic acids is 3. The van der Waals surface area contributed by atoms with Crippen molar-refractivity contribution in [2.24, 2.45) is 0 Å². The number of aryl methyl sites for hydroxylation is 1. The van der Waals surface area contributed by atoms with Crippen LogP contribution < -0.4 is 4.90 Å². The number of carbonyl (C=O) groups is 3. The predicted octanol–water partition coefficient (Wildman–Crippen LogP) is 2.37. The van der Waals surface area contributed by atoms with Crippen LogP contribution in [0.5, 0.6) is 0 Å². The van der Waals surface area contributed by atoms with Crippen LogP contribution in [0, 0.1) is 6.92 Å². The summed E-state index contributed by atoms with van der Waals surface area (Å²) in [5.74, 6) is -0.983. The molecule has 0 N–H and O–H groups in total. The van der Waals surface area contributed by atoms with E-state index in [9.17, 15) is 22.8 Å². The molecule has 0 spiro atoms. The molecule has 0 aliphatic carbocycles. The predicted molar refractivity (Wildman–Crippen MR) is 124 cm³/mol. The topological polar surface area (TPSA) is 95.1 Å². The fourth-order valence-corrected chi connectivity index (χ4v) is 6.09. The van der Waals surface area contributed by atoms with Crippen LogP contribution in [0.15, 0.2) is 54.6 Å². The molecule has 33 heavy (non-hydrogen) atoms. The number of rotatable bonds is 6. The lowest BCUT2D eigenvalue weighted by molar-refractivity contribution is -0.139. The van der Waals surface area contributed by atoms with Gasteiger partial charge in [-0.2, -0.15) is 0 Å². The molecule has 2 saturated heterocycles. The zero-order valence-electron chi connectivity index (χ0n) is 18.7. The van der Waals surface area contributed by atoms with Crippen LogP contribution in [-0.2, 0) is 26.0 Å². The Morgan fingerprint density at radius 3 is 2.33 bits per heavy atom. The number of amides is 4. The average Bonchev–Trinajstić information content (AvgIpc) is 3.25. The van der Waals surface area contributed by atoms with Crippen LogP contribution in [0.1, 0.15) is 24.5 Å². The Morgan fingerprint density at radius 1 is 1.06 bits per heavy atom. The van der Waals surface area contributed by atoms with E-state index in [-0.39, 0.29) is 18.1 Å². The van der Waals surface area contributed by atoms with Crippen LogP contribution >= 0.6 is 0 Å².